The number of ether oxygens (including phenoxy) is 1. The fourth-order valence-corrected chi connectivity index (χ4v) is 3.03. The molecule has 134 valence electrons. The predicted molar refractivity (Wildman–Crippen MR) is 99.7 cm³/mol. The highest BCUT2D eigenvalue weighted by atomic mass is 32.1. The van der Waals surface area contributed by atoms with Crippen LogP contribution in [0.4, 0.5) is 0 Å². The normalized spacial score (nSPS) is 10.6. The average Bonchev–Trinajstić information content (AvgIpc) is 3.09. The topological polar surface area (TPSA) is 67.4 Å². The van der Waals surface area contributed by atoms with E-state index in [2.05, 4.69) is 24.7 Å². The first-order chi connectivity index (χ1) is 12.0. The second kappa shape index (κ2) is 9.22. The molecule has 0 aliphatic rings. The first kappa shape index (κ1) is 19.0. The van der Waals surface area contributed by atoms with Gasteiger partial charge in [0.05, 0.1) is 0 Å². The zero-order valence-electron chi connectivity index (χ0n) is 14.8. The third kappa shape index (κ3) is 6.23. The second-order valence-corrected chi connectivity index (χ2v) is 7.19. The molecule has 0 radical (unpaired) electrons. The molecule has 2 N–H and O–H groups in total. The molecule has 1 aromatic carbocycles. The highest BCUT2D eigenvalue weighted by molar-refractivity contribution is 7.09. The van der Waals surface area contributed by atoms with E-state index in [9.17, 15) is 9.59 Å². The molecule has 0 unspecified atom stereocenters. The number of carbonyl (C=O) groups excluding carboxylic acids is 2. The first-order valence-electron chi connectivity index (χ1n) is 8.29. The van der Waals surface area contributed by atoms with Crippen molar-refractivity contribution in [1.82, 2.24) is 10.9 Å². The van der Waals surface area contributed by atoms with E-state index in [-0.39, 0.29) is 18.4 Å². The molecule has 0 aliphatic heterocycles. The van der Waals surface area contributed by atoms with Crippen LogP contribution in [-0.2, 0) is 16.0 Å². The van der Waals surface area contributed by atoms with Gasteiger partial charge in [-0.15, -0.1) is 11.3 Å². The number of aryl methyl sites for hydroxylation is 2. The summed E-state index contributed by atoms with van der Waals surface area (Å²) < 4.78 is 5.63. The van der Waals surface area contributed by atoms with Crippen molar-refractivity contribution in [2.75, 3.05) is 6.61 Å². The number of carbonyl (C=O) groups is 2. The minimum atomic E-state index is -0.388. The molecule has 0 bridgehead atoms. The quantitative estimate of drug-likeness (QED) is 0.744. The van der Waals surface area contributed by atoms with Gasteiger partial charge >= 0.3 is 0 Å². The maximum Gasteiger partial charge on any atom is 0.276 e. The van der Waals surface area contributed by atoms with Gasteiger partial charge in [0, 0.05) is 11.3 Å². The molecule has 1 aromatic heterocycles. The van der Waals surface area contributed by atoms with E-state index in [1.807, 2.05) is 42.6 Å². The molecular weight excluding hydrogens is 336 g/mol. The van der Waals surface area contributed by atoms with Gasteiger partial charge in [-0.2, -0.15) is 0 Å². The highest BCUT2D eigenvalue weighted by Gasteiger charge is 2.11. The number of thiophene rings is 1. The van der Waals surface area contributed by atoms with Crippen molar-refractivity contribution in [3.05, 3.63) is 51.7 Å². The van der Waals surface area contributed by atoms with Gasteiger partial charge in [0.25, 0.3) is 5.91 Å². The van der Waals surface area contributed by atoms with Crippen LogP contribution in [0.15, 0.2) is 35.7 Å². The molecular formula is C19H24N2O3S. The standard InChI is InChI=1S/C19H24N2O3S/c1-13(2)16-8-6-14(3)11-17(16)24-12-19(23)21-20-18(22)9-7-15-5-4-10-25-15/h4-6,8,10-11,13H,7,9,12H2,1-3H3,(H,20,22)(H,21,23). The Labute approximate surface area is 152 Å². The monoisotopic (exact) mass is 360 g/mol. The van der Waals surface area contributed by atoms with Crippen LogP contribution in [0, 0.1) is 6.92 Å². The lowest BCUT2D eigenvalue weighted by molar-refractivity contribution is -0.130. The molecule has 0 saturated heterocycles. The summed E-state index contributed by atoms with van der Waals surface area (Å²) in [6, 6.07) is 9.89. The minimum absolute atomic E-state index is 0.144. The van der Waals surface area contributed by atoms with Gasteiger partial charge in [0.2, 0.25) is 5.91 Å². The molecule has 0 fully saturated rings. The lowest BCUT2D eigenvalue weighted by Gasteiger charge is -2.15. The summed E-state index contributed by atoms with van der Waals surface area (Å²) in [6.07, 6.45) is 0.994. The predicted octanol–water partition coefficient (Wildman–Crippen LogP) is 3.34. The molecule has 2 amide bonds. The van der Waals surface area contributed by atoms with Crippen LogP contribution in [0.3, 0.4) is 0 Å². The first-order valence-corrected chi connectivity index (χ1v) is 9.17. The number of hydrazine groups is 1. The number of amides is 2. The second-order valence-electron chi connectivity index (χ2n) is 6.16. The number of hydrogen-bond acceptors (Lipinski definition) is 4. The SMILES string of the molecule is Cc1ccc(C(C)C)c(OCC(=O)NNC(=O)CCc2cccs2)c1. The van der Waals surface area contributed by atoms with Crippen molar-refractivity contribution in [2.24, 2.45) is 0 Å². The smallest absolute Gasteiger partial charge is 0.276 e. The Balaban J connectivity index is 1.75. The van der Waals surface area contributed by atoms with Crippen LogP contribution in [-0.4, -0.2) is 18.4 Å². The van der Waals surface area contributed by atoms with E-state index in [4.69, 9.17) is 4.74 Å². The summed E-state index contributed by atoms with van der Waals surface area (Å²) >= 11 is 1.61. The molecule has 6 heteroatoms. The summed E-state index contributed by atoms with van der Waals surface area (Å²) in [4.78, 5) is 24.8. The van der Waals surface area contributed by atoms with Gasteiger partial charge in [0.1, 0.15) is 5.75 Å². The van der Waals surface area contributed by atoms with E-state index in [0.29, 0.717) is 24.5 Å². The zero-order valence-corrected chi connectivity index (χ0v) is 15.6. The zero-order chi connectivity index (χ0) is 18.2. The fraction of sp³-hybridized carbons (Fsp3) is 0.368. The Kier molecular flexibility index (Phi) is 7.01. The fourth-order valence-electron chi connectivity index (χ4n) is 2.32. The summed E-state index contributed by atoms with van der Waals surface area (Å²) in [5, 5.41) is 1.98. The van der Waals surface area contributed by atoms with Crippen LogP contribution < -0.4 is 15.6 Å². The van der Waals surface area contributed by atoms with Gasteiger partial charge in [-0.3, -0.25) is 20.4 Å². The van der Waals surface area contributed by atoms with Crippen LogP contribution in [0.5, 0.6) is 5.75 Å². The number of nitrogens with one attached hydrogen (secondary N) is 2. The molecule has 1 heterocycles. The Bertz CT molecular complexity index is 711. The lowest BCUT2D eigenvalue weighted by Crippen LogP contribution is -2.43. The van der Waals surface area contributed by atoms with Crippen molar-refractivity contribution >= 4 is 23.2 Å². The van der Waals surface area contributed by atoms with Crippen LogP contribution in [0.25, 0.3) is 0 Å². The van der Waals surface area contributed by atoms with E-state index in [0.717, 1.165) is 16.0 Å². The van der Waals surface area contributed by atoms with Gasteiger partial charge in [-0.1, -0.05) is 32.0 Å². The van der Waals surface area contributed by atoms with Crippen LogP contribution >= 0.6 is 11.3 Å². The Morgan fingerprint density at radius 1 is 1.16 bits per heavy atom. The maximum atomic E-state index is 11.9. The van der Waals surface area contributed by atoms with Gasteiger partial charge in [0.15, 0.2) is 6.61 Å². The molecule has 0 spiro atoms. The summed E-state index contributed by atoms with van der Waals surface area (Å²) in [7, 11) is 0. The molecule has 0 atom stereocenters. The Morgan fingerprint density at radius 3 is 2.60 bits per heavy atom. The minimum Gasteiger partial charge on any atom is -0.483 e. The number of hydrogen-bond donors (Lipinski definition) is 2. The van der Waals surface area contributed by atoms with E-state index in [1.165, 1.54) is 0 Å². The van der Waals surface area contributed by atoms with E-state index >= 15 is 0 Å². The van der Waals surface area contributed by atoms with Gasteiger partial charge in [-0.05, 0) is 47.9 Å². The largest absolute Gasteiger partial charge is 0.483 e. The van der Waals surface area contributed by atoms with Crippen molar-refractivity contribution in [3.8, 4) is 5.75 Å². The lowest BCUT2D eigenvalue weighted by atomic mass is 10.0. The third-order valence-corrected chi connectivity index (χ3v) is 4.61. The van der Waals surface area contributed by atoms with Gasteiger partial charge in [-0.25, -0.2) is 0 Å². The number of rotatable bonds is 7. The molecule has 0 saturated carbocycles. The third-order valence-electron chi connectivity index (χ3n) is 3.67. The van der Waals surface area contributed by atoms with Crippen molar-refractivity contribution in [1.29, 1.82) is 0 Å². The van der Waals surface area contributed by atoms with Crippen molar-refractivity contribution < 1.29 is 14.3 Å². The highest BCUT2D eigenvalue weighted by Crippen LogP contribution is 2.27. The summed E-state index contributed by atoms with van der Waals surface area (Å²) in [6.45, 7) is 5.98. The van der Waals surface area contributed by atoms with E-state index < -0.39 is 0 Å². The van der Waals surface area contributed by atoms with E-state index in [1.54, 1.807) is 11.3 Å². The average molecular weight is 360 g/mol. The van der Waals surface area contributed by atoms with Crippen LogP contribution in [0.1, 0.15) is 42.2 Å². The molecule has 0 aliphatic carbocycles. The molecule has 2 aromatic rings. The molecule has 2 rings (SSSR count). The Hall–Kier alpha value is -2.34. The molecule has 5 nitrogen and oxygen atoms in total. The summed E-state index contributed by atoms with van der Waals surface area (Å²) in [5.41, 5.74) is 6.93. The number of benzene rings is 1. The molecule has 25 heavy (non-hydrogen) atoms. The van der Waals surface area contributed by atoms with Gasteiger partial charge < -0.3 is 4.74 Å². The van der Waals surface area contributed by atoms with Crippen molar-refractivity contribution in [3.63, 3.8) is 0 Å². The maximum absolute atomic E-state index is 11.9. The van der Waals surface area contributed by atoms with Crippen molar-refractivity contribution in [2.45, 2.75) is 39.5 Å². The van der Waals surface area contributed by atoms with Crippen LogP contribution in [0.2, 0.25) is 0 Å². The Morgan fingerprint density at radius 2 is 1.92 bits per heavy atom. The summed E-state index contributed by atoms with van der Waals surface area (Å²) in [5.74, 6) is 0.394.